The first-order chi connectivity index (χ1) is 9.58. The van der Waals surface area contributed by atoms with E-state index in [1.807, 2.05) is 19.9 Å². The van der Waals surface area contributed by atoms with E-state index in [9.17, 15) is 4.79 Å². The van der Waals surface area contributed by atoms with Crippen molar-refractivity contribution in [1.82, 2.24) is 4.98 Å². The summed E-state index contributed by atoms with van der Waals surface area (Å²) in [5, 5.41) is 3.63. The fourth-order valence-corrected chi connectivity index (χ4v) is 1.58. The lowest BCUT2D eigenvalue weighted by molar-refractivity contribution is 0.0516. The minimum Gasteiger partial charge on any atom is -0.380 e. The van der Waals surface area contributed by atoms with Crippen molar-refractivity contribution in [1.29, 1.82) is 0 Å². The molecule has 20 heavy (non-hydrogen) atoms. The molecule has 5 nitrogen and oxygen atoms in total. The monoisotopic (exact) mass is 269 g/mol. The van der Waals surface area contributed by atoms with Crippen LogP contribution in [0.25, 0.3) is 0 Å². The Morgan fingerprint density at radius 1 is 1.20 bits per heavy atom. The first kappa shape index (κ1) is 13.7. The summed E-state index contributed by atoms with van der Waals surface area (Å²) in [4.78, 5) is 20.6. The summed E-state index contributed by atoms with van der Waals surface area (Å²) in [5.41, 5.74) is 8.87. The van der Waals surface area contributed by atoms with Crippen molar-refractivity contribution in [3.8, 4) is 0 Å². The molecule has 1 heterocycles. The number of amidine groups is 1. The van der Waals surface area contributed by atoms with E-state index in [2.05, 4.69) is 10.1 Å². The third-order valence-electron chi connectivity index (χ3n) is 2.93. The topological polar surface area (TPSA) is 77.6 Å². The molecule has 5 heteroatoms. The average molecular weight is 269 g/mol. The molecule has 2 rings (SSSR count). The second kappa shape index (κ2) is 5.97. The number of carbonyl (C=O) groups excluding carboxylic acids is 1. The van der Waals surface area contributed by atoms with E-state index >= 15 is 0 Å². The van der Waals surface area contributed by atoms with E-state index < -0.39 is 5.97 Å². The number of aromatic nitrogens is 1. The largest absolute Gasteiger partial charge is 0.380 e. The van der Waals surface area contributed by atoms with E-state index in [1.165, 1.54) is 0 Å². The van der Waals surface area contributed by atoms with E-state index in [4.69, 9.17) is 10.6 Å². The number of rotatable bonds is 3. The predicted molar refractivity (Wildman–Crippen MR) is 76.3 cm³/mol. The highest BCUT2D eigenvalue weighted by Crippen LogP contribution is 2.11. The zero-order chi connectivity index (χ0) is 14.5. The molecule has 0 aliphatic carbocycles. The smallest absolute Gasteiger partial charge is 0.365 e. The molecule has 0 atom stereocenters. The highest BCUT2D eigenvalue weighted by molar-refractivity contribution is 5.97. The van der Waals surface area contributed by atoms with E-state index in [0.29, 0.717) is 11.1 Å². The van der Waals surface area contributed by atoms with Gasteiger partial charge in [0.2, 0.25) is 0 Å². The van der Waals surface area contributed by atoms with Crippen molar-refractivity contribution in [3.05, 3.63) is 65.0 Å². The Morgan fingerprint density at radius 3 is 2.65 bits per heavy atom. The molecule has 0 unspecified atom stereocenters. The molecule has 2 N–H and O–H groups in total. The van der Waals surface area contributed by atoms with Gasteiger partial charge in [-0.2, -0.15) is 0 Å². The van der Waals surface area contributed by atoms with Crippen molar-refractivity contribution in [3.63, 3.8) is 0 Å². The Hall–Kier alpha value is -2.69. The zero-order valence-corrected chi connectivity index (χ0v) is 11.3. The van der Waals surface area contributed by atoms with Gasteiger partial charge in [0, 0.05) is 18.0 Å². The number of oxime groups is 1. The lowest BCUT2D eigenvalue weighted by atomic mass is 10.1. The van der Waals surface area contributed by atoms with Gasteiger partial charge in [0.25, 0.3) is 0 Å². The molecule has 0 aliphatic heterocycles. The number of carbonyl (C=O) groups is 1. The van der Waals surface area contributed by atoms with Crippen molar-refractivity contribution >= 4 is 11.8 Å². The molecule has 0 spiro atoms. The molecule has 0 amide bonds. The lowest BCUT2D eigenvalue weighted by Crippen LogP contribution is -2.15. The number of benzene rings is 1. The fourth-order valence-electron chi connectivity index (χ4n) is 1.58. The molecular formula is C15H15N3O2. The third-order valence-corrected chi connectivity index (χ3v) is 2.93. The van der Waals surface area contributed by atoms with Gasteiger partial charge in [-0.1, -0.05) is 11.2 Å². The quantitative estimate of drug-likeness (QED) is 0.401. The van der Waals surface area contributed by atoms with Gasteiger partial charge >= 0.3 is 5.97 Å². The SMILES string of the molecule is Cc1ccc(C(=O)O/N=C(/N)c2cccnc2)cc1C. The van der Waals surface area contributed by atoms with Crippen LogP contribution >= 0.6 is 0 Å². The van der Waals surface area contributed by atoms with E-state index in [-0.39, 0.29) is 5.84 Å². The highest BCUT2D eigenvalue weighted by atomic mass is 16.7. The standard InChI is InChI=1S/C15H15N3O2/c1-10-5-6-12(8-11(10)2)15(19)20-18-14(16)13-4-3-7-17-9-13/h3-9H,1-2H3,(H2,16,18). The summed E-state index contributed by atoms with van der Waals surface area (Å²) in [5.74, 6) is -0.435. The average Bonchev–Trinajstić information content (AvgIpc) is 2.48. The van der Waals surface area contributed by atoms with Crippen LogP contribution in [0, 0.1) is 13.8 Å². The Balaban J connectivity index is 2.10. The van der Waals surface area contributed by atoms with Gasteiger partial charge in [-0.15, -0.1) is 0 Å². The normalized spacial score (nSPS) is 11.2. The molecule has 0 saturated carbocycles. The molecule has 1 aromatic carbocycles. The van der Waals surface area contributed by atoms with Gasteiger partial charge in [0.1, 0.15) is 0 Å². The van der Waals surface area contributed by atoms with E-state index in [1.54, 1.807) is 36.7 Å². The van der Waals surface area contributed by atoms with Gasteiger partial charge in [0.15, 0.2) is 5.84 Å². The first-order valence-electron chi connectivity index (χ1n) is 6.10. The van der Waals surface area contributed by atoms with Gasteiger partial charge in [-0.25, -0.2) is 4.79 Å². The molecule has 2 aromatic rings. The summed E-state index contributed by atoms with van der Waals surface area (Å²) in [6.45, 7) is 3.91. The van der Waals surface area contributed by atoms with Crippen LogP contribution in [0.4, 0.5) is 0 Å². The maximum absolute atomic E-state index is 11.8. The summed E-state index contributed by atoms with van der Waals surface area (Å²) in [6.07, 6.45) is 3.17. The Bertz CT molecular complexity index is 651. The Morgan fingerprint density at radius 2 is 2.00 bits per heavy atom. The van der Waals surface area contributed by atoms with Gasteiger partial charge in [0.05, 0.1) is 5.56 Å². The maximum Gasteiger partial charge on any atom is 0.365 e. The highest BCUT2D eigenvalue weighted by Gasteiger charge is 2.09. The second-order valence-electron chi connectivity index (χ2n) is 4.40. The Labute approximate surface area is 117 Å². The molecule has 0 fully saturated rings. The van der Waals surface area contributed by atoms with Crippen LogP contribution in [0.3, 0.4) is 0 Å². The molecule has 102 valence electrons. The maximum atomic E-state index is 11.8. The lowest BCUT2D eigenvalue weighted by Gasteiger charge is -2.03. The van der Waals surface area contributed by atoms with Crippen LogP contribution in [0.2, 0.25) is 0 Å². The number of hydrogen-bond acceptors (Lipinski definition) is 4. The second-order valence-corrected chi connectivity index (χ2v) is 4.40. The molecule has 0 saturated heterocycles. The molecular weight excluding hydrogens is 254 g/mol. The third kappa shape index (κ3) is 3.20. The summed E-state index contributed by atoms with van der Waals surface area (Å²) in [7, 11) is 0. The number of aryl methyl sites for hydroxylation is 2. The fraction of sp³-hybridized carbons (Fsp3) is 0.133. The summed E-state index contributed by atoms with van der Waals surface area (Å²) in [6, 6.07) is 8.77. The zero-order valence-electron chi connectivity index (χ0n) is 11.3. The van der Waals surface area contributed by atoms with Crippen molar-refractivity contribution < 1.29 is 9.63 Å². The van der Waals surface area contributed by atoms with Crippen molar-refractivity contribution in [2.75, 3.05) is 0 Å². The van der Waals surface area contributed by atoms with Gasteiger partial charge in [-0.3, -0.25) is 4.98 Å². The minimum absolute atomic E-state index is 0.107. The summed E-state index contributed by atoms with van der Waals surface area (Å²) >= 11 is 0. The number of nitrogens with two attached hydrogens (primary N) is 1. The molecule has 0 bridgehead atoms. The first-order valence-corrected chi connectivity index (χ1v) is 6.10. The van der Waals surface area contributed by atoms with Crippen LogP contribution in [-0.2, 0) is 4.84 Å². The number of pyridine rings is 1. The molecule has 0 radical (unpaired) electrons. The van der Waals surface area contributed by atoms with E-state index in [0.717, 1.165) is 11.1 Å². The molecule has 0 aliphatic rings. The molecule has 1 aromatic heterocycles. The van der Waals surface area contributed by atoms with Crippen LogP contribution in [0.15, 0.2) is 47.9 Å². The van der Waals surface area contributed by atoms with Crippen LogP contribution in [-0.4, -0.2) is 16.8 Å². The van der Waals surface area contributed by atoms with Crippen molar-refractivity contribution in [2.24, 2.45) is 10.9 Å². The van der Waals surface area contributed by atoms with Gasteiger partial charge < -0.3 is 10.6 Å². The summed E-state index contributed by atoms with van der Waals surface area (Å²) < 4.78 is 0. The van der Waals surface area contributed by atoms with Crippen molar-refractivity contribution in [2.45, 2.75) is 13.8 Å². The predicted octanol–water partition coefficient (Wildman–Crippen LogP) is 2.18. The number of nitrogens with zero attached hydrogens (tertiary/aromatic N) is 2. The van der Waals surface area contributed by atoms with Crippen LogP contribution < -0.4 is 5.73 Å². The van der Waals surface area contributed by atoms with Gasteiger partial charge in [-0.05, 0) is 49.2 Å². The van der Waals surface area contributed by atoms with Crippen LogP contribution in [0.1, 0.15) is 27.0 Å². The number of hydrogen-bond donors (Lipinski definition) is 1. The van der Waals surface area contributed by atoms with Crippen LogP contribution in [0.5, 0.6) is 0 Å². The Kier molecular flexibility index (Phi) is 4.10. The minimum atomic E-state index is -0.542.